The first kappa shape index (κ1) is 12.3. The number of aromatic hydroxyl groups is 1. The normalized spacial score (nSPS) is 14.7. The molecule has 1 aliphatic rings. The Morgan fingerprint density at radius 3 is 2.71 bits per heavy atom. The fraction of sp³-hybridized carbons (Fsp3) is 0.235. The number of phenolic OH excluding ortho intramolecular Hbond substituents is 1. The molecule has 1 fully saturated rings. The molecule has 1 heterocycles. The van der Waals surface area contributed by atoms with Crippen molar-refractivity contribution in [2.75, 3.05) is 5.73 Å². The zero-order valence-corrected chi connectivity index (χ0v) is 11.9. The van der Waals surface area contributed by atoms with Gasteiger partial charge in [-0.25, -0.2) is 4.98 Å². The fourth-order valence-corrected chi connectivity index (χ4v) is 2.80. The molecular formula is C17H17N3O. The minimum Gasteiger partial charge on any atom is -0.506 e. The van der Waals surface area contributed by atoms with Crippen LogP contribution in [0.15, 0.2) is 36.4 Å². The molecule has 0 spiro atoms. The van der Waals surface area contributed by atoms with Crippen LogP contribution in [0, 0.1) is 6.92 Å². The molecule has 4 rings (SSSR count). The van der Waals surface area contributed by atoms with Gasteiger partial charge in [-0.05, 0) is 55.7 Å². The van der Waals surface area contributed by atoms with Gasteiger partial charge in [0.1, 0.15) is 11.6 Å². The fourth-order valence-electron chi connectivity index (χ4n) is 2.80. The van der Waals surface area contributed by atoms with Crippen LogP contribution < -0.4 is 5.73 Å². The number of nitrogens with zero attached hydrogens (tertiary/aromatic N) is 2. The quantitative estimate of drug-likeness (QED) is 0.556. The molecule has 3 aromatic rings. The molecule has 0 atom stereocenters. The first-order valence-electron chi connectivity index (χ1n) is 7.21. The highest BCUT2D eigenvalue weighted by Gasteiger charge is 2.28. The molecule has 1 saturated carbocycles. The van der Waals surface area contributed by atoms with Gasteiger partial charge in [0.15, 0.2) is 0 Å². The maximum Gasteiger partial charge on any atom is 0.141 e. The van der Waals surface area contributed by atoms with E-state index in [2.05, 4.69) is 29.7 Å². The van der Waals surface area contributed by atoms with Crippen LogP contribution in [0.5, 0.6) is 5.75 Å². The van der Waals surface area contributed by atoms with E-state index in [0.29, 0.717) is 11.7 Å². The van der Waals surface area contributed by atoms with Crippen molar-refractivity contribution in [3.8, 4) is 17.1 Å². The van der Waals surface area contributed by atoms with Gasteiger partial charge in [0, 0.05) is 11.6 Å². The minimum atomic E-state index is 0.109. The van der Waals surface area contributed by atoms with Crippen LogP contribution in [-0.2, 0) is 0 Å². The molecule has 4 nitrogen and oxygen atoms in total. The van der Waals surface area contributed by atoms with E-state index in [1.165, 1.54) is 18.4 Å². The Labute approximate surface area is 122 Å². The number of rotatable bonds is 2. The molecule has 0 unspecified atom stereocenters. The van der Waals surface area contributed by atoms with Gasteiger partial charge in [-0.2, -0.15) is 0 Å². The Hall–Kier alpha value is -2.49. The second-order valence-corrected chi connectivity index (χ2v) is 5.80. The van der Waals surface area contributed by atoms with Gasteiger partial charge in [-0.15, -0.1) is 0 Å². The Bertz CT molecular complexity index is 847. The number of hydrogen-bond donors (Lipinski definition) is 2. The Balaban J connectivity index is 1.98. The SMILES string of the molecule is Cc1ccc2c(c1)nc(-c1ccc(N)c(O)c1)n2C1CC1. The van der Waals surface area contributed by atoms with Gasteiger partial charge >= 0.3 is 0 Å². The molecule has 0 radical (unpaired) electrons. The summed E-state index contributed by atoms with van der Waals surface area (Å²) in [5.41, 5.74) is 10.4. The Morgan fingerprint density at radius 1 is 1.19 bits per heavy atom. The predicted molar refractivity (Wildman–Crippen MR) is 84.3 cm³/mol. The third-order valence-corrected chi connectivity index (χ3v) is 4.05. The molecule has 1 aromatic heterocycles. The van der Waals surface area contributed by atoms with Gasteiger partial charge in [-0.1, -0.05) is 6.07 Å². The standard InChI is InChI=1S/C17H17N3O/c1-10-2-7-15-14(8-10)19-17(20(15)12-4-5-12)11-3-6-13(18)16(21)9-11/h2-3,6-9,12,21H,4-5,18H2,1H3. The number of phenols is 1. The summed E-state index contributed by atoms with van der Waals surface area (Å²) in [5, 5.41) is 9.86. The van der Waals surface area contributed by atoms with E-state index in [1.54, 1.807) is 12.1 Å². The van der Waals surface area contributed by atoms with Crippen LogP contribution in [0.4, 0.5) is 5.69 Å². The number of nitrogens with two attached hydrogens (primary N) is 1. The second-order valence-electron chi connectivity index (χ2n) is 5.80. The van der Waals surface area contributed by atoms with E-state index >= 15 is 0 Å². The molecule has 0 saturated heterocycles. The third-order valence-electron chi connectivity index (χ3n) is 4.05. The zero-order valence-electron chi connectivity index (χ0n) is 11.9. The van der Waals surface area contributed by atoms with Crippen molar-refractivity contribution < 1.29 is 5.11 Å². The Kier molecular flexibility index (Phi) is 2.48. The maximum absolute atomic E-state index is 9.86. The van der Waals surface area contributed by atoms with Crippen molar-refractivity contribution in [3.63, 3.8) is 0 Å². The lowest BCUT2D eigenvalue weighted by Gasteiger charge is -2.08. The highest BCUT2D eigenvalue weighted by molar-refractivity contribution is 5.82. The van der Waals surface area contributed by atoms with E-state index in [-0.39, 0.29) is 5.75 Å². The van der Waals surface area contributed by atoms with Crippen LogP contribution in [0.3, 0.4) is 0 Å². The van der Waals surface area contributed by atoms with E-state index < -0.39 is 0 Å². The summed E-state index contributed by atoms with van der Waals surface area (Å²) < 4.78 is 2.29. The van der Waals surface area contributed by atoms with E-state index in [9.17, 15) is 5.11 Å². The van der Waals surface area contributed by atoms with Crippen molar-refractivity contribution in [3.05, 3.63) is 42.0 Å². The van der Waals surface area contributed by atoms with Gasteiger partial charge < -0.3 is 15.4 Å². The van der Waals surface area contributed by atoms with Gasteiger partial charge in [0.05, 0.1) is 16.7 Å². The molecule has 0 aliphatic heterocycles. The monoisotopic (exact) mass is 279 g/mol. The first-order valence-corrected chi connectivity index (χ1v) is 7.21. The molecule has 1 aliphatic carbocycles. The van der Waals surface area contributed by atoms with Crippen LogP contribution in [-0.4, -0.2) is 14.7 Å². The lowest BCUT2D eigenvalue weighted by Crippen LogP contribution is -1.97. The number of nitrogen functional groups attached to an aromatic ring is 1. The van der Waals surface area contributed by atoms with Crippen LogP contribution in [0.25, 0.3) is 22.4 Å². The number of anilines is 1. The topological polar surface area (TPSA) is 64.1 Å². The highest BCUT2D eigenvalue weighted by atomic mass is 16.3. The molecule has 106 valence electrons. The predicted octanol–water partition coefficient (Wildman–Crippen LogP) is 3.63. The largest absolute Gasteiger partial charge is 0.506 e. The van der Waals surface area contributed by atoms with Crippen molar-refractivity contribution in [1.29, 1.82) is 0 Å². The average Bonchev–Trinajstić information content (AvgIpc) is 3.22. The molecular weight excluding hydrogens is 262 g/mol. The molecule has 3 N–H and O–H groups in total. The molecule has 0 bridgehead atoms. The zero-order chi connectivity index (χ0) is 14.6. The smallest absolute Gasteiger partial charge is 0.141 e. The number of hydrogen-bond acceptors (Lipinski definition) is 3. The average molecular weight is 279 g/mol. The number of aryl methyl sites for hydroxylation is 1. The molecule has 2 aromatic carbocycles. The van der Waals surface area contributed by atoms with Crippen molar-refractivity contribution in [2.24, 2.45) is 0 Å². The highest BCUT2D eigenvalue weighted by Crippen LogP contribution is 2.42. The number of fused-ring (bicyclic) bond motifs is 1. The summed E-state index contributed by atoms with van der Waals surface area (Å²) in [6, 6.07) is 12.2. The number of benzene rings is 2. The summed E-state index contributed by atoms with van der Waals surface area (Å²) in [7, 11) is 0. The number of imidazole rings is 1. The Morgan fingerprint density at radius 2 is 2.00 bits per heavy atom. The first-order chi connectivity index (χ1) is 10.1. The maximum atomic E-state index is 9.86. The molecule has 0 amide bonds. The summed E-state index contributed by atoms with van der Waals surface area (Å²) in [5.74, 6) is 1.02. The summed E-state index contributed by atoms with van der Waals surface area (Å²) in [6.45, 7) is 2.07. The summed E-state index contributed by atoms with van der Waals surface area (Å²) >= 11 is 0. The van der Waals surface area contributed by atoms with E-state index in [4.69, 9.17) is 10.7 Å². The van der Waals surface area contributed by atoms with Crippen molar-refractivity contribution in [1.82, 2.24) is 9.55 Å². The van der Waals surface area contributed by atoms with Crippen LogP contribution >= 0.6 is 0 Å². The van der Waals surface area contributed by atoms with Gasteiger partial charge in [0.25, 0.3) is 0 Å². The van der Waals surface area contributed by atoms with Crippen LogP contribution in [0.2, 0.25) is 0 Å². The van der Waals surface area contributed by atoms with Gasteiger partial charge in [0.2, 0.25) is 0 Å². The van der Waals surface area contributed by atoms with Crippen LogP contribution in [0.1, 0.15) is 24.4 Å². The lowest BCUT2D eigenvalue weighted by molar-refractivity contribution is 0.478. The lowest BCUT2D eigenvalue weighted by atomic mass is 10.2. The van der Waals surface area contributed by atoms with Crippen molar-refractivity contribution in [2.45, 2.75) is 25.8 Å². The molecule has 4 heteroatoms. The van der Waals surface area contributed by atoms with Crippen molar-refractivity contribution >= 4 is 16.7 Å². The second kappa shape index (κ2) is 4.25. The number of aromatic nitrogens is 2. The van der Waals surface area contributed by atoms with Gasteiger partial charge in [-0.3, -0.25) is 0 Å². The van der Waals surface area contributed by atoms with E-state index in [1.807, 2.05) is 6.07 Å². The molecule has 21 heavy (non-hydrogen) atoms. The minimum absolute atomic E-state index is 0.109. The van der Waals surface area contributed by atoms with E-state index in [0.717, 1.165) is 22.4 Å². The summed E-state index contributed by atoms with van der Waals surface area (Å²) in [4.78, 5) is 4.79. The summed E-state index contributed by atoms with van der Waals surface area (Å²) in [6.07, 6.45) is 2.38. The third kappa shape index (κ3) is 1.95.